The first-order valence-electron chi connectivity index (χ1n) is 13.7. The summed E-state index contributed by atoms with van der Waals surface area (Å²) in [5.74, 6) is -0.617. The third-order valence-corrected chi connectivity index (χ3v) is 7.87. The van der Waals surface area contributed by atoms with Crippen molar-refractivity contribution in [2.45, 2.75) is 6.36 Å². The van der Waals surface area contributed by atoms with Crippen molar-refractivity contribution >= 4 is 33.2 Å². The molecule has 220 valence electrons. The number of carbonyl (C=O) groups is 1. The molecule has 0 saturated heterocycles. The highest BCUT2D eigenvalue weighted by Crippen LogP contribution is 2.52. The second-order valence-electron chi connectivity index (χ2n) is 10.4. The highest BCUT2D eigenvalue weighted by atomic mass is 19.4. The molecule has 7 rings (SSSR count). The molecule has 2 aromatic heterocycles. The van der Waals surface area contributed by atoms with Crippen molar-refractivity contribution in [2.24, 2.45) is 0 Å². The number of hydrogen-bond acceptors (Lipinski definition) is 6. The van der Waals surface area contributed by atoms with Gasteiger partial charge in [0.25, 0.3) is 0 Å². The summed E-state index contributed by atoms with van der Waals surface area (Å²) in [6.07, 6.45) is -2.11. The maximum absolute atomic E-state index is 14.8. The average Bonchev–Trinajstić information content (AvgIpc) is 3.35. The fourth-order valence-corrected chi connectivity index (χ4v) is 6.01. The van der Waals surface area contributed by atoms with Crippen LogP contribution in [0, 0.1) is 22.7 Å². The Morgan fingerprint density at radius 3 is 1.74 bits per heavy atom. The molecule has 0 atom stereocenters. The molecule has 0 amide bonds. The van der Waals surface area contributed by atoms with Crippen LogP contribution >= 0.6 is 0 Å². The number of fused-ring (bicyclic) bond motifs is 5. The summed E-state index contributed by atoms with van der Waals surface area (Å²) in [6.45, 7) is 0. The quantitative estimate of drug-likeness (QED) is 0.112. The fraction of sp³-hybridized carbons (Fsp3) is 0.0278. The molecule has 2 heterocycles. The lowest BCUT2D eigenvalue weighted by Gasteiger charge is -2.17. The summed E-state index contributed by atoms with van der Waals surface area (Å²) in [7, 11) is 0. The summed E-state index contributed by atoms with van der Waals surface area (Å²) in [5, 5.41) is 22.4. The van der Waals surface area contributed by atoms with Crippen LogP contribution in [-0.2, 0) is 0 Å². The normalized spacial score (nSPS) is 11.9. The number of ether oxygens (including phenoxy) is 1. The predicted molar refractivity (Wildman–Crippen MR) is 163 cm³/mol. The number of aromatic nitrogens is 2. The minimum absolute atomic E-state index is 0.00831. The first kappa shape index (κ1) is 28.4. The smallest absolute Gasteiger partial charge is 0.405 e. The number of alkyl halides is 3. The van der Waals surface area contributed by atoms with Gasteiger partial charge in [0.15, 0.2) is 0 Å². The van der Waals surface area contributed by atoms with E-state index in [4.69, 9.17) is 0 Å². The summed E-state index contributed by atoms with van der Waals surface area (Å²) in [6, 6.07) is 24.7. The first-order chi connectivity index (χ1) is 22.2. The van der Waals surface area contributed by atoms with Gasteiger partial charge < -0.3 is 4.74 Å². The van der Waals surface area contributed by atoms with E-state index in [9.17, 15) is 32.9 Å². The second kappa shape index (κ2) is 10.7. The largest absolute Gasteiger partial charge is 0.573 e. The zero-order valence-electron chi connectivity index (χ0n) is 23.4. The molecule has 0 unspecified atom stereocenters. The standard InChI is InChI=1S/C36H16F4N4O2/c37-35(45)29-15-26-24(13-28(29)33-22-7-3-1-5-19(22)9-11-43-33)25-14-30(34-23-8-4-2-6-20(23)10-12-44-34)31(46-36(38,39)40)16-27(25)32(26)21(17-41)18-42/h1-16H. The number of allylic oxidation sites excluding steroid dienone is 1. The molecule has 10 heteroatoms. The van der Waals surface area contributed by atoms with Gasteiger partial charge in [-0.15, -0.1) is 13.2 Å². The van der Waals surface area contributed by atoms with Crippen LogP contribution < -0.4 is 4.74 Å². The summed E-state index contributed by atoms with van der Waals surface area (Å²) in [5.41, 5.74) is 0.607. The van der Waals surface area contributed by atoms with Gasteiger partial charge in [-0.1, -0.05) is 48.5 Å². The van der Waals surface area contributed by atoms with Crippen molar-refractivity contribution < 1.29 is 27.1 Å². The van der Waals surface area contributed by atoms with Crippen LogP contribution in [-0.4, -0.2) is 22.4 Å². The van der Waals surface area contributed by atoms with Gasteiger partial charge in [0.1, 0.15) is 23.5 Å². The Bertz CT molecular complexity index is 2380. The SMILES string of the molecule is N#CC(C#N)=C1c2cc(OC(F)(F)F)c(-c3nccc4ccccc34)cc2-c2cc(-c3nccc4ccccc34)c(C(=O)F)cc21. The molecule has 0 saturated carbocycles. The molecule has 0 fully saturated rings. The van der Waals surface area contributed by atoms with E-state index in [0.29, 0.717) is 27.6 Å². The molecule has 0 bridgehead atoms. The van der Waals surface area contributed by atoms with Gasteiger partial charge in [0.05, 0.1) is 17.0 Å². The van der Waals surface area contributed by atoms with Crippen molar-refractivity contribution in [2.75, 3.05) is 0 Å². The van der Waals surface area contributed by atoms with Crippen LogP contribution in [0.3, 0.4) is 0 Å². The molecule has 6 nitrogen and oxygen atoms in total. The van der Waals surface area contributed by atoms with Gasteiger partial charge in [-0.3, -0.25) is 14.8 Å². The molecule has 46 heavy (non-hydrogen) atoms. The molecule has 0 spiro atoms. The summed E-state index contributed by atoms with van der Waals surface area (Å²) in [4.78, 5) is 21.3. The minimum atomic E-state index is -5.10. The topological polar surface area (TPSA) is 99.7 Å². The van der Waals surface area contributed by atoms with Crippen LogP contribution in [0.25, 0.3) is 60.8 Å². The van der Waals surface area contributed by atoms with E-state index >= 15 is 0 Å². The third kappa shape index (κ3) is 4.61. The van der Waals surface area contributed by atoms with E-state index in [1.54, 1.807) is 60.7 Å². The molecule has 0 aliphatic heterocycles. The van der Waals surface area contributed by atoms with Crippen LogP contribution in [0.1, 0.15) is 21.5 Å². The minimum Gasteiger partial charge on any atom is -0.405 e. The molecule has 0 radical (unpaired) electrons. The van der Waals surface area contributed by atoms with Crippen molar-refractivity contribution in [3.05, 3.63) is 120 Å². The van der Waals surface area contributed by atoms with E-state index in [1.807, 2.05) is 12.1 Å². The molecule has 4 aromatic carbocycles. The lowest BCUT2D eigenvalue weighted by Crippen LogP contribution is -2.18. The number of hydrogen-bond donors (Lipinski definition) is 0. The number of halogens is 4. The monoisotopic (exact) mass is 612 g/mol. The fourth-order valence-electron chi connectivity index (χ4n) is 6.01. The van der Waals surface area contributed by atoms with Crippen LogP contribution in [0.2, 0.25) is 0 Å². The Hall–Kier alpha value is -6.39. The first-order valence-corrected chi connectivity index (χ1v) is 13.7. The Balaban J connectivity index is 1.60. The molecule has 6 aromatic rings. The van der Waals surface area contributed by atoms with Crippen LogP contribution in [0.15, 0.2) is 103 Å². The maximum atomic E-state index is 14.8. The van der Waals surface area contributed by atoms with E-state index in [0.717, 1.165) is 16.8 Å². The second-order valence-corrected chi connectivity index (χ2v) is 10.4. The van der Waals surface area contributed by atoms with Gasteiger partial charge >= 0.3 is 12.4 Å². The van der Waals surface area contributed by atoms with E-state index in [-0.39, 0.29) is 39.1 Å². The van der Waals surface area contributed by atoms with Gasteiger partial charge in [0, 0.05) is 39.9 Å². The van der Waals surface area contributed by atoms with E-state index < -0.39 is 23.7 Å². The Morgan fingerprint density at radius 2 is 1.20 bits per heavy atom. The number of pyridine rings is 2. The lowest BCUT2D eigenvalue weighted by molar-refractivity contribution is -0.274. The maximum Gasteiger partial charge on any atom is 0.573 e. The van der Waals surface area contributed by atoms with Gasteiger partial charge in [-0.2, -0.15) is 14.9 Å². The number of nitrogens with zero attached hydrogens (tertiary/aromatic N) is 4. The predicted octanol–water partition coefficient (Wildman–Crippen LogP) is 8.95. The van der Waals surface area contributed by atoms with Gasteiger partial charge in [0.2, 0.25) is 0 Å². The van der Waals surface area contributed by atoms with Crippen LogP contribution in [0.5, 0.6) is 5.75 Å². The summed E-state index contributed by atoms with van der Waals surface area (Å²) >= 11 is 0. The molecular weight excluding hydrogens is 596 g/mol. The molecule has 1 aliphatic rings. The zero-order chi connectivity index (χ0) is 32.2. The molecule has 1 aliphatic carbocycles. The molecular formula is C36H16F4N4O2. The number of benzene rings is 4. The summed E-state index contributed by atoms with van der Waals surface area (Å²) < 4.78 is 60.7. The van der Waals surface area contributed by atoms with Crippen molar-refractivity contribution in [1.82, 2.24) is 9.97 Å². The highest BCUT2D eigenvalue weighted by Gasteiger charge is 2.36. The van der Waals surface area contributed by atoms with Crippen molar-refractivity contribution in [3.63, 3.8) is 0 Å². The van der Waals surface area contributed by atoms with Crippen LogP contribution in [0.4, 0.5) is 17.6 Å². The number of nitriles is 2. The van der Waals surface area contributed by atoms with Gasteiger partial charge in [-0.05, 0) is 69.4 Å². The Kier molecular flexibility index (Phi) is 6.57. The number of carbonyl (C=O) groups excluding carboxylic acids is 1. The highest BCUT2D eigenvalue weighted by molar-refractivity contribution is 6.11. The zero-order valence-corrected chi connectivity index (χ0v) is 23.4. The third-order valence-electron chi connectivity index (χ3n) is 7.87. The average molecular weight is 613 g/mol. The van der Waals surface area contributed by atoms with Gasteiger partial charge in [-0.25, -0.2) is 0 Å². The Labute approximate surface area is 258 Å². The molecule has 0 N–H and O–H groups in total. The Morgan fingerprint density at radius 1 is 0.674 bits per heavy atom. The van der Waals surface area contributed by atoms with E-state index in [1.165, 1.54) is 30.6 Å². The van der Waals surface area contributed by atoms with Crippen molar-refractivity contribution in [1.29, 1.82) is 10.5 Å². The lowest BCUT2D eigenvalue weighted by atomic mass is 9.92. The van der Waals surface area contributed by atoms with E-state index in [2.05, 4.69) is 14.7 Å². The number of rotatable bonds is 4. The van der Waals surface area contributed by atoms with Crippen molar-refractivity contribution in [3.8, 4) is 51.5 Å².